The lowest BCUT2D eigenvalue weighted by molar-refractivity contribution is 0.423. The molecule has 0 amide bonds. The van der Waals surface area contributed by atoms with Gasteiger partial charge in [0.25, 0.3) is 0 Å². The van der Waals surface area contributed by atoms with E-state index in [1.807, 2.05) is 6.20 Å². The highest BCUT2D eigenvalue weighted by Gasteiger charge is 2.12. The Kier molecular flexibility index (Phi) is 4.86. The Morgan fingerprint density at radius 2 is 1.85 bits per heavy atom. The lowest BCUT2D eigenvalue weighted by Crippen LogP contribution is -2.35. The summed E-state index contributed by atoms with van der Waals surface area (Å²) in [5.74, 6) is 0. The smallest absolute Gasteiger partial charge is 0.0662 e. The summed E-state index contributed by atoms with van der Waals surface area (Å²) in [6.45, 7) is 10.4. The van der Waals surface area contributed by atoms with Crippen LogP contribution in [0.5, 0.6) is 0 Å². The fourth-order valence-corrected chi connectivity index (χ4v) is 2.30. The highest BCUT2D eigenvalue weighted by Crippen LogP contribution is 2.13. The zero-order valence-corrected chi connectivity index (χ0v) is 14.7. The predicted molar refractivity (Wildman–Crippen MR) is 91.8 cm³/mol. The fourth-order valence-electron chi connectivity index (χ4n) is 1.94. The number of nitrogens with zero attached hydrogens (tertiary/aromatic N) is 2. The van der Waals surface area contributed by atoms with E-state index < -0.39 is 0 Å². The van der Waals surface area contributed by atoms with Crippen LogP contribution in [-0.4, -0.2) is 15.3 Å². The van der Waals surface area contributed by atoms with Crippen LogP contribution in [0.2, 0.25) is 0 Å². The monoisotopic (exact) mass is 383 g/mol. The Bertz CT molecular complexity index is 564. The summed E-state index contributed by atoms with van der Waals surface area (Å²) in [5, 5.41) is 8.02. The Balaban J connectivity index is 2.07. The molecule has 20 heavy (non-hydrogen) atoms. The van der Waals surface area contributed by atoms with Crippen LogP contribution in [0.15, 0.2) is 30.5 Å². The number of benzene rings is 1. The van der Waals surface area contributed by atoms with Crippen molar-refractivity contribution in [1.82, 2.24) is 15.1 Å². The van der Waals surface area contributed by atoms with Crippen LogP contribution in [0, 0.1) is 10.5 Å². The van der Waals surface area contributed by atoms with Gasteiger partial charge in [0.05, 0.1) is 12.7 Å². The minimum absolute atomic E-state index is 0.130. The SMILES string of the molecule is Cc1c(CNC(C)(C)C)cnn1Cc1ccc(I)cc1. The van der Waals surface area contributed by atoms with E-state index in [1.54, 1.807) is 0 Å². The number of halogens is 1. The molecule has 0 spiro atoms. The molecule has 1 N–H and O–H groups in total. The lowest BCUT2D eigenvalue weighted by atomic mass is 10.1. The van der Waals surface area contributed by atoms with Crippen molar-refractivity contribution in [2.24, 2.45) is 0 Å². The second kappa shape index (κ2) is 6.26. The van der Waals surface area contributed by atoms with Crippen LogP contribution in [0.3, 0.4) is 0 Å². The third-order valence-electron chi connectivity index (χ3n) is 3.26. The van der Waals surface area contributed by atoms with Crippen molar-refractivity contribution in [2.45, 2.75) is 46.3 Å². The predicted octanol–water partition coefficient (Wildman–Crippen LogP) is 3.73. The molecule has 3 nitrogen and oxygen atoms in total. The average molecular weight is 383 g/mol. The van der Waals surface area contributed by atoms with Gasteiger partial charge in [-0.3, -0.25) is 4.68 Å². The van der Waals surface area contributed by atoms with Crippen LogP contribution >= 0.6 is 22.6 Å². The first-order valence-electron chi connectivity index (χ1n) is 6.86. The second-order valence-corrected chi connectivity index (χ2v) is 7.39. The maximum absolute atomic E-state index is 4.51. The highest BCUT2D eigenvalue weighted by molar-refractivity contribution is 14.1. The molecule has 4 heteroatoms. The Morgan fingerprint density at radius 1 is 1.20 bits per heavy atom. The van der Waals surface area contributed by atoms with Gasteiger partial charge in [-0.05, 0) is 68.0 Å². The first-order chi connectivity index (χ1) is 9.35. The summed E-state index contributed by atoms with van der Waals surface area (Å²) in [5.41, 5.74) is 3.92. The molecule has 0 aliphatic carbocycles. The zero-order chi connectivity index (χ0) is 14.8. The Hall–Kier alpha value is -0.880. The Morgan fingerprint density at radius 3 is 2.45 bits per heavy atom. The van der Waals surface area contributed by atoms with Gasteiger partial charge in [0, 0.05) is 26.9 Å². The van der Waals surface area contributed by atoms with E-state index in [0.717, 1.165) is 13.1 Å². The molecule has 0 aliphatic rings. The number of nitrogens with one attached hydrogen (secondary N) is 1. The quantitative estimate of drug-likeness (QED) is 0.816. The molecular weight excluding hydrogens is 361 g/mol. The summed E-state index contributed by atoms with van der Waals surface area (Å²) in [6.07, 6.45) is 1.97. The molecule has 1 heterocycles. The van der Waals surface area contributed by atoms with E-state index >= 15 is 0 Å². The maximum Gasteiger partial charge on any atom is 0.0662 e. The van der Waals surface area contributed by atoms with Crippen molar-refractivity contribution in [3.05, 3.63) is 50.9 Å². The molecule has 1 aromatic carbocycles. The number of hydrogen-bond acceptors (Lipinski definition) is 2. The molecule has 2 aromatic rings. The second-order valence-electron chi connectivity index (χ2n) is 6.14. The lowest BCUT2D eigenvalue weighted by Gasteiger charge is -2.20. The van der Waals surface area contributed by atoms with Gasteiger partial charge in [-0.25, -0.2) is 0 Å². The number of aromatic nitrogens is 2. The summed E-state index contributed by atoms with van der Waals surface area (Å²) < 4.78 is 3.33. The summed E-state index contributed by atoms with van der Waals surface area (Å²) >= 11 is 2.33. The Labute approximate surface area is 134 Å². The third-order valence-corrected chi connectivity index (χ3v) is 3.98. The van der Waals surface area contributed by atoms with Gasteiger partial charge in [-0.1, -0.05) is 12.1 Å². The topological polar surface area (TPSA) is 29.9 Å². The maximum atomic E-state index is 4.51. The molecule has 108 valence electrons. The number of rotatable bonds is 4. The minimum atomic E-state index is 0.130. The molecule has 0 saturated heterocycles. The van der Waals surface area contributed by atoms with E-state index in [1.165, 1.54) is 20.4 Å². The third kappa shape index (κ3) is 4.31. The van der Waals surface area contributed by atoms with Gasteiger partial charge >= 0.3 is 0 Å². The van der Waals surface area contributed by atoms with Gasteiger partial charge in [0.2, 0.25) is 0 Å². The van der Waals surface area contributed by atoms with Gasteiger partial charge in [-0.2, -0.15) is 5.10 Å². The largest absolute Gasteiger partial charge is 0.308 e. The first kappa shape index (κ1) is 15.5. The molecule has 2 rings (SSSR count). The molecule has 0 atom stereocenters. The van der Waals surface area contributed by atoms with Crippen molar-refractivity contribution in [1.29, 1.82) is 0 Å². The molecule has 0 saturated carbocycles. The van der Waals surface area contributed by atoms with E-state index in [0.29, 0.717) is 0 Å². The molecule has 0 unspecified atom stereocenters. The van der Waals surface area contributed by atoms with Crippen molar-refractivity contribution in [3.63, 3.8) is 0 Å². The molecule has 0 bridgehead atoms. The van der Waals surface area contributed by atoms with Gasteiger partial charge in [0.1, 0.15) is 0 Å². The van der Waals surface area contributed by atoms with E-state index in [9.17, 15) is 0 Å². The van der Waals surface area contributed by atoms with Crippen molar-refractivity contribution in [2.75, 3.05) is 0 Å². The zero-order valence-electron chi connectivity index (χ0n) is 12.6. The van der Waals surface area contributed by atoms with Crippen LogP contribution in [0.4, 0.5) is 0 Å². The van der Waals surface area contributed by atoms with Crippen LogP contribution in [0.25, 0.3) is 0 Å². The summed E-state index contributed by atoms with van der Waals surface area (Å²) in [6, 6.07) is 8.60. The fraction of sp³-hybridized carbons (Fsp3) is 0.438. The molecule has 0 aliphatic heterocycles. The van der Waals surface area contributed by atoms with Gasteiger partial charge < -0.3 is 5.32 Å². The van der Waals surface area contributed by atoms with E-state index in [2.05, 4.69) is 89.6 Å². The molecular formula is C16H22IN3. The molecule has 0 fully saturated rings. The van der Waals surface area contributed by atoms with E-state index in [4.69, 9.17) is 0 Å². The minimum Gasteiger partial charge on any atom is -0.308 e. The highest BCUT2D eigenvalue weighted by atomic mass is 127. The van der Waals surface area contributed by atoms with Gasteiger partial charge in [-0.15, -0.1) is 0 Å². The molecule has 0 radical (unpaired) electrons. The van der Waals surface area contributed by atoms with Crippen molar-refractivity contribution >= 4 is 22.6 Å². The van der Waals surface area contributed by atoms with Gasteiger partial charge in [0.15, 0.2) is 0 Å². The van der Waals surface area contributed by atoms with Crippen LogP contribution in [-0.2, 0) is 13.1 Å². The summed E-state index contributed by atoms with van der Waals surface area (Å²) in [7, 11) is 0. The first-order valence-corrected chi connectivity index (χ1v) is 7.94. The van der Waals surface area contributed by atoms with Crippen LogP contribution in [0.1, 0.15) is 37.6 Å². The van der Waals surface area contributed by atoms with Crippen molar-refractivity contribution < 1.29 is 0 Å². The molecule has 1 aromatic heterocycles. The van der Waals surface area contributed by atoms with E-state index in [-0.39, 0.29) is 5.54 Å². The average Bonchev–Trinajstić information content (AvgIpc) is 2.70. The number of hydrogen-bond donors (Lipinski definition) is 1. The normalized spacial score (nSPS) is 11.8. The van der Waals surface area contributed by atoms with Crippen LogP contribution < -0.4 is 5.32 Å². The summed E-state index contributed by atoms with van der Waals surface area (Å²) in [4.78, 5) is 0. The van der Waals surface area contributed by atoms with Crippen molar-refractivity contribution in [3.8, 4) is 0 Å². The standard InChI is InChI=1S/C16H22IN3/c1-12-14(9-18-16(2,3)4)10-19-20(12)11-13-5-7-15(17)8-6-13/h5-8,10,18H,9,11H2,1-4H3.